The van der Waals surface area contributed by atoms with E-state index < -0.39 is 0 Å². The number of halogens is 1. The van der Waals surface area contributed by atoms with Crippen molar-refractivity contribution in [2.45, 2.75) is 45.4 Å². The van der Waals surface area contributed by atoms with Crippen LogP contribution >= 0.6 is 12.4 Å². The molecule has 19 heavy (non-hydrogen) atoms. The molecule has 1 unspecified atom stereocenters. The molecular formula is C15H27ClN2O. The molecule has 1 heterocycles. The van der Waals surface area contributed by atoms with Crippen molar-refractivity contribution in [3.05, 3.63) is 0 Å². The number of nitrogens with zero attached hydrogens (tertiary/aromatic N) is 1. The van der Waals surface area contributed by atoms with Crippen LogP contribution in [0.2, 0.25) is 0 Å². The first kappa shape index (κ1) is 15.1. The maximum atomic E-state index is 12.6. The van der Waals surface area contributed by atoms with Crippen LogP contribution in [0.4, 0.5) is 0 Å². The van der Waals surface area contributed by atoms with Crippen molar-refractivity contribution >= 4 is 18.3 Å². The van der Waals surface area contributed by atoms with Gasteiger partial charge in [-0.05, 0) is 62.9 Å². The average Bonchev–Trinajstić information content (AvgIpc) is 3.28. The summed E-state index contributed by atoms with van der Waals surface area (Å²) in [5.41, 5.74) is 0.401. The maximum Gasteiger partial charge on any atom is 0.226 e. The molecule has 1 amide bonds. The molecule has 1 saturated heterocycles. The van der Waals surface area contributed by atoms with Gasteiger partial charge in [0.15, 0.2) is 0 Å². The van der Waals surface area contributed by atoms with Crippen LogP contribution in [0.1, 0.15) is 45.4 Å². The summed E-state index contributed by atoms with van der Waals surface area (Å²) in [6.07, 6.45) is 7.37. The summed E-state index contributed by atoms with van der Waals surface area (Å²) in [6.45, 7) is 6.42. The van der Waals surface area contributed by atoms with Crippen LogP contribution in [-0.4, -0.2) is 37.0 Å². The van der Waals surface area contributed by atoms with E-state index in [1.54, 1.807) is 0 Å². The third kappa shape index (κ3) is 3.25. The van der Waals surface area contributed by atoms with Gasteiger partial charge in [0.05, 0.1) is 0 Å². The van der Waals surface area contributed by atoms with Gasteiger partial charge in [-0.3, -0.25) is 4.79 Å². The normalized spacial score (nSPS) is 27.7. The SMILES string of the molecule is CCCN(CC1CC1)C(=O)C1CC12CCNCC2.Cl. The minimum atomic E-state index is 0. The van der Waals surface area contributed by atoms with E-state index >= 15 is 0 Å². The number of amides is 1. The monoisotopic (exact) mass is 286 g/mol. The van der Waals surface area contributed by atoms with E-state index in [4.69, 9.17) is 0 Å². The van der Waals surface area contributed by atoms with Gasteiger partial charge >= 0.3 is 0 Å². The zero-order valence-electron chi connectivity index (χ0n) is 12.0. The smallest absolute Gasteiger partial charge is 0.226 e. The minimum absolute atomic E-state index is 0. The summed E-state index contributed by atoms with van der Waals surface area (Å²) >= 11 is 0. The van der Waals surface area contributed by atoms with Crippen LogP contribution in [0, 0.1) is 17.3 Å². The highest BCUT2D eigenvalue weighted by Crippen LogP contribution is 2.59. The summed E-state index contributed by atoms with van der Waals surface area (Å²) in [6, 6.07) is 0. The van der Waals surface area contributed by atoms with Gasteiger partial charge in [-0.1, -0.05) is 6.92 Å². The molecular weight excluding hydrogens is 260 g/mol. The Balaban J connectivity index is 0.00000133. The fraction of sp³-hybridized carbons (Fsp3) is 0.933. The number of nitrogens with one attached hydrogen (secondary N) is 1. The molecule has 110 valence electrons. The number of carbonyl (C=O) groups is 1. The molecule has 0 bridgehead atoms. The Labute approximate surface area is 122 Å². The maximum absolute atomic E-state index is 12.6. The Morgan fingerprint density at radius 1 is 1.32 bits per heavy atom. The molecule has 2 saturated carbocycles. The molecule has 0 aromatic carbocycles. The van der Waals surface area contributed by atoms with Gasteiger partial charge in [-0.15, -0.1) is 12.4 Å². The van der Waals surface area contributed by atoms with Crippen LogP contribution in [-0.2, 0) is 4.79 Å². The van der Waals surface area contributed by atoms with Gasteiger partial charge in [0, 0.05) is 19.0 Å². The highest BCUT2D eigenvalue weighted by Gasteiger charge is 2.58. The molecule has 0 radical (unpaired) electrons. The van der Waals surface area contributed by atoms with E-state index in [-0.39, 0.29) is 12.4 Å². The van der Waals surface area contributed by atoms with Crippen molar-refractivity contribution in [3.8, 4) is 0 Å². The van der Waals surface area contributed by atoms with Gasteiger partial charge in [0.1, 0.15) is 0 Å². The first-order chi connectivity index (χ1) is 8.75. The number of carbonyl (C=O) groups excluding carboxylic acids is 1. The standard InChI is InChI=1S/C15H26N2O.ClH/c1-2-9-17(11-12-3-4-12)14(18)13-10-15(13)5-7-16-8-6-15;/h12-13,16H,2-11H2,1H3;1H. The van der Waals surface area contributed by atoms with E-state index in [9.17, 15) is 4.79 Å². The lowest BCUT2D eigenvalue weighted by atomic mass is 9.91. The topological polar surface area (TPSA) is 32.3 Å². The van der Waals surface area contributed by atoms with Gasteiger partial charge in [0.2, 0.25) is 5.91 Å². The Bertz CT molecular complexity index is 324. The quantitative estimate of drug-likeness (QED) is 0.842. The number of hydrogen-bond acceptors (Lipinski definition) is 2. The Hall–Kier alpha value is -0.280. The molecule has 1 aliphatic heterocycles. The first-order valence-electron chi connectivity index (χ1n) is 7.75. The average molecular weight is 287 g/mol. The fourth-order valence-electron chi connectivity index (χ4n) is 3.57. The molecule has 4 heteroatoms. The second kappa shape index (κ2) is 6.01. The highest BCUT2D eigenvalue weighted by molar-refractivity contribution is 5.85. The predicted octanol–water partition coefficient (Wildman–Crippen LogP) is 2.45. The van der Waals surface area contributed by atoms with E-state index in [2.05, 4.69) is 17.1 Å². The zero-order chi connectivity index (χ0) is 12.6. The second-order valence-electron chi connectivity index (χ2n) is 6.60. The molecule has 1 N–H and O–H groups in total. The molecule has 2 aliphatic carbocycles. The van der Waals surface area contributed by atoms with Gasteiger partial charge in [-0.2, -0.15) is 0 Å². The van der Waals surface area contributed by atoms with Crippen molar-refractivity contribution in [1.82, 2.24) is 10.2 Å². The van der Waals surface area contributed by atoms with E-state index in [1.165, 1.54) is 32.1 Å². The lowest BCUT2D eigenvalue weighted by molar-refractivity contribution is -0.134. The summed E-state index contributed by atoms with van der Waals surface area (Å²) < 4.78 is 0. The van der Waals surface area contributed by atoms with Crippen LogP contribution < -0.4 is 5.32 Å². The first-order valence-corrected chi connectivity index (χ1v) is 7.75. The summed E-state index contributed by atoms with van der Waals surface area (Å²) in [5, 5.41) is 3.41. The van der Waals surface area contributed by atoms with E-state index in [0.717, 1.165) is 38.5 Å². The van der Waals surface area contributed by atoms with Crippen molar-refractivity contribution in [2.24, 2.45) is 17.3 Å². The van der Waals surface area contributed by atoms with E-state index in [0.29, 0.717) is 17.2 Å². The molecule has 1 atom stereocenters. The van der Waals surface area contributed by atoms with Crippen molar-refractivity contribution < 1.29 is 4.79 Å². The largest absolute Gasteiger partial charge is 0.342 e. The van der Waals surface area contributed by atoms with Crippen molar-refractivity contribution in [3.63, 3.8) is 0 Å². The Kier molecular flexibility index (Phi) is 4.78. The van der Waals surface area contributed by atoms with Crippen LogP contribution in [0.25, 0.3) is 0 Å². The number of piperidine rings is 1. The summed E-state index contributed by atoms with van der Waals surface area (Å²) in [4.78, 5) is 14.8. The van der Waals surface area contributed by atoms with Crippen LogP contribution in [0.5, 0.6) is 0 Å². The summed E-state index contributed by atoms with van der Waals surface area (Å²) in [5.74, 6) is 1.67. The fourth-order valence-corrected chi connectivity index (χ4v) is 3.57. The van der Waals surface area contributed by atoms with Crippen molar-refractivity contribution in [2.75, 3.05) is 26.2 Å². The summed E-state index contributed by atoms with van der Waals surface area (Å²) in [7, 11) is 0. The molecule has 3 aliphatic rings. The lowest BCUT2D eigenvalue weighted by Gasteiger charge is -2.27. The van der Waals surface area contributed by atoms with Gasteiger partial charge < -0.3 is 10.2 Å². The molecule has 0 aromatic rings. The molecule has 3 fully saturated rings. The molecule has 0 aromatic heterocycles. The van der Waals surface area contributed by atoms with Crippen LogP contribution in [0.3, 0.4) is 0 Å². The third-order valence-electron chi connectivity index (χ3n) is 5.07. The Morgan fingerprint density at radius 3 is 2.58 bits per heavy atom. The number of rotatable bonds is 5. The van der Waals surface area contributed by atoms with Crippen molar-refractivity contribution in [1.29, 1.82) is 0 Å². The molecule has 1 spiro atoms. The highest BCUT2D eigenvalue weighted by atomic mass is 35.5. The minimum Gasteiger partial charge on any atom is -0.342 e. The predicted molar refractivity (Wildman–Crippen MR) is 79.5 cm³/mol. The Morgan fingerprint density at radius 2 is 2.00 bits per heavy atom. The second-order valence-corrected chi connectivity index (χ2v) is 6.60. The zero-order valence-corrected chi connectivity index (χ0v) is 12.8. The van der Waals surface area contributed by atoms with Crippen LogP contribution in [0.15, 0.2) is 0 Å². The lowest BCUT2D eigenvalue weighted by Crippen LogP contribution is -2.38. The number of hydrogen-bond donors (Lipinski definition) is 1. The third-order valence-corrected chi connectivity index (χ3v) is 5.07. The molecule has 3 rings (SSSR count). The molecule has 3 nitrogen and oxygen atoms in total. The van der Waals surface area contributed by atoms with Gasteiger partial charge in [-0.25, -0.2) is 0 Å². The van der Waals surface area contributed by atoms with Gasteiger partial charge in [0.25, 0.3) is 0 Å². The van der Waals surface area contributed by atoms with E-state index in [1.807, 2.05) is 0 Å².